The molecule has 1 saturated heterocycles. The molecule has 18 heavy (non-hydrogen) atoms. The minimum Gasteiger partial charge on any atom is -0.497 e. The van der Waals surface area contributed by atoms with Gasteiger partial charge in [-0.05, 0) is 37.1 Å². The van der Waals surface area contributed by atoms with Crippen molar-refractivity contribution in [2.75, 3.05) is 20.2 Å². The second kappa shape index (κ2) is 5.67. The van der Waals surface area contributed by atoms with Crippen LogP contribution in [0.4, 0.5) is 0 Å². The van der Waals surface area contributed by atoms with Gasteiger partial charge in [0.1, 0.15) is 5.75 Å². The Balaban J connectivity index is 2.00. The molecular weight excluding hydrogens is 230 g/mol. The molecule has 0 aliphatic carbocycles. The zero-order chi connectivity index (χ0) is 13.0. The van der Waals surface area contributed by atoms with Crippen LogP contribution in [0.25, 0.3) is 0 Å². The van der Waals surface area contributed by atoms with E-state index in [1.54, 1.807) is 36.3 Å². The molecule has 0 saturated carbocycles. The molecule has 4 nitrogen and oxygen atoms in total. The van der Waals surface area contributed by atoms with Crippen molar-refractivity contribution in [3.8, 4) is 5.75 Å². The number of methoxy groups -OCH3 is 1. The first-order chi connectivity index (χ1) is 8.70. The highest BCUT2D eigenvalue weighted by Gasteiger charge is 2.20. The Morgan fingerprint density at radius 3 is 2.61 bits per heavy atom. The van der Waals surface area contributed by atoms with Gasteiger partial charge in [-0.1, -0.05) is 0 Å². The Bertz CT molecular complexity index is 439. The van der Waals surface area contributed by atoms with Crippen molar-refractivity contribution < 1.29 is 14.3 Å². The molecule has 1 heterocycles. The smallest absolute Gasteiger partial charge is 0.222 e. The van der Waals surface area contributed by atoms with Crippen molar-refractivity contribution >= 4 is 11.7 Å². The van der Waals surface area contributed by atoms with Gasteiger partial charge in [-0.25, -0.2) is 0 Å². The molecule has 0 bridgehead atoms. The van der Waals surface area contributed by atoms with E-state index in [1.165, 1.54) is 0 Å². The molecule has 1 aliphatic rings. The zero-order valence-corrected chi connectivity index (χ0v) is 10.5. The van der Waals surface area contributed by atoms with Gasteiger partial charge in [-0.2, -0.15) is 0 Å². The molecule has 0 aromatic heterocycles. The van der Waals surface area contributed by atoms with Crippen LogP contribution in [-0.2, 0) is 4.79 Å². The normalized spacial score (nSPS) is 15.6. The third-order valence-corrected chi connectivity index (χ3v) is 3.17. The summed E-state index contributed by atoms with van der Waals surface area (Å²) in [5.74, 6) is 0.789. The number of ether oxygens (including phenoxy) is 1. The SMILES string of the molecule is COc1ccc(C(=O)CN2CCCCC2=O)cc1. The zero-order valence-electron chi connectivity index (χ0n) is 10.5. The van der Waals surface area contributed by atoms with E-state index in [1.807, 2.05) is 0 Å². The van der Waals surface area contributed by atoms with E-state index in [4.69, 9.17) is 4.74 Å². The lowest BCUT2D eigenvalue weighted by Crippen LogP contribution is -2.39. The van der Waals surface area contributed by atoms with Crippen molar-refractivity contribution in [2.24, 2.45) is 0 Å². The molecule has 1 aromatic rings. The quantitative estimate of drug-likeness (QED) is 0.763. The summed E-state index contributed by atoms with van der Waals surface area (Å²) < 4.78 is 5.04. The van der Waals surface area contributed by atoms with Gasteiger partial charge in [0, 0.05) is 18.5 Å². The van der Waals surface area contributed by atoms with Crippen LogP contribution < -0.4 is 4.74 Å². The largest absolute Gasteiger partial charge is 0.497 e. The average Bonchev–Trinajstić information content (AvgIpc) is 2.41. The number of rotatable bonds is 4. The molecule has 4 heteroatoms. The number of hydrogen-bond acceptors (Lipinski definition) is 3. The number of Topliss-reactive ketones (excluding diaryl/α,β-unsaturated/α-hetero) is 1. The third kappa shape index (κ3) is 2.88. The molecule has 1 aromatic carbocycles. The van der Waals surface area contributed by atoms with Crippen LogP contribution in [0.5, 0.6) is 5.75 Å². The first kappa shape index (κ1) is 12.6. The highest BCUT2D eigenvalue weighted by atomic mass is 16.5. The van der Waals surface area contributed by atoms with Crippen LogP contribution in [0, 0.1) is 0 Å². The van der Waals surface area contributed by atoms with E-state index in [-0.39, 0.29) is 18.2 Å². The van der Waals surface area contributed by atoms with Crippen molar-refractivity contribution in [1.29, 1.82) is 0 Å². The van der Waals surface area contributed by atoms with E-state index >= 15 is 0 Å². The molecule has 1 fully saturated rings. The van der Waals surface area contributed by atoms with E-state index in [0.29, 0.717) is 18.5 Å². The van der Waals surface area contributed by atoms with Gasteiger partial charge < -0.3 is 9.64 Å². The average molecular weight is 247 g/mol. The molecule has 1 amide bonds. The van der Waals surface area contributed by atoms with E-state index in [9.17, 15) is 9.59 Å². The van der Waals surface area contributed by atoms with Crippen LogP contribution in [-0.4, -0.2) is 36.8 Å². The summed E-state index contributed by atoms with van der Waals surface area (Å²) in [6.07, 6.45) is 2.49. The van der Waals surface area contributed by atoms with Gasteiger partial charge in [0.2, 0.25) is 5.91 Å². The Labute approximate surface area is 107 Å². The van der Waals surface area contributed by atoms with Gasteiger partial charge in [0.25, 0.3) is 0 Å². The van der Waals surface area contributed by atoms with Crippen LogP contribution in [0.1, 0.15) is 29.6 Å². The number of carbonyl (C=O) groups is 2. The monoisotopic (exact) mass is 247 g/mol. The lowest BCUT2D eigenvalue weighted by atomic mass is 10.1. The maximum absolute atomic E-state index is 12.0. The Kier molecular flexibility index (Phi) is 3.97. The Morgan fingerprint density at radius 2 is 2.00 bits per heavy atom. The number of likely N-dealkylation sites (tertiary alicyclic amines) is 1. The second-order valence-electron chi connectivity index (χ2n) is 4.42. The molecule has 0 atom stereocenters. The maximum atomic E-state index is 12.0. The number of benzene rings is 1. The fourth-order valence-electron chi connectivity index (χ4n) is 2.07. The predicted molar refractivity (Wildman–Crippen MR) is 67.8 cm³/mol. The molecular formula is C14H17NO3. The molecule has 0 N–H and O–H groups in total. The van der Waals surface area contributed by atoms with Crippen LogP contribution >= 0.6 is 0 Å². The van der Waals surface area contributed by atoms with Crippen molar-refractivity contribution in [2.45, 2.75) is 19.3 Å². The first-order valence-corrected chi connectivity index (χ1v) is 6.16. The van der Waals surface area contributed by atoms with E-state index < -0.39 is 0 Å². The highest BCUT2D eigenvalue weighted by molar-refractivity contribution is 5.99. The topological polar surface area (TPSA) is 46.6 Å². The molecule has 0 unspecified atom stereocenters. The summed E-state index contributed by atoms with van der Waals surface area (Å²) in [4.78, 5) is 25.3. The van der Waals surface area contributed by atoms with Crippen molar-refractivity contribution in [3.05, 3.63) is 29.8 Å². The Morgan fingerprint density at radius 1 is 1.28 bits per heavy atom. The van der Waals surface area contributed by atoms with Crippen molar-refractivity contribution in [3.63, 3.8) is 0 Å². The molecule has 0 spiro atoms. The highest BCUT2D eigenvalue weighted by Crippen LogP contribution is 2.14. The maximum Gasteiger partial charge on any atom is 0.222 e. The van der Waals surface area contributed by atoms with Crippen LogP contribution in [0.3, 0.4) is 0 Å². The Hall–Kier alpha value is -1.84. The number of carbonyl (C=O) groups excluding carboxylic acids is 2. The van der Waals surface area contributed by atoms with E-state index in [0.717, 1.165) is 18.6 Å². The standard InChI is InChI=1S/C14H17NO3/c1-18-12-7-5-11(6-8-12)13(16)10-15-9-3-2-4-14(15)17/h5-8H,2-4,9-10H2,1H3. The summed E-state index contributed by atoms with van der Waals surface area (Å²) in [5.41, 5.74) is 0.620. The van der Waals surface area contributed by atoms with Gasteiger partial charge in [-0.3, -0.25) is 9.59 Å². The summed E-state index contributed by atoms with van der Waals surface area (Å²) in [5, 5.41) is 0. The van der Waals surface area contributed by atoms with Crippen LogP contribution in [0.2, 0.25) is 0 Å². The second-order valence-corrected chi connectivity index (χ2v) is 4.42. The first-order valence-electron chi connectivity index (χ1n) is 6.16. The molecule has 2 rings (SSSR count). The summed E-state index contributed by atoms with van der Waals surface area (Å²) in [7, 11) is 1.59. The summed E-state index contributed by atoms with van der Waals surface area (Å²) in [6.45, 7) is 0.881. The van der Waals surface area contributed by atoms with Gasteiger partial charge in [-0.15, -0.1) is 0 Å². The van der Waals surface area contributed by atoms with E-state index in [2.05, 4.69) is 0 Å². The molecule has 0 radical (unpaired) electrons. The number of amides is 1. The van der Waals surface area contributed by atoms with Gasteiger partial charge in [0.05, 0.1) is 13.7 Å². The lowest BCUT2D eigenvalue weighted by molar-refractivity contribution is -0.132. The van der Waals surface area contributed by atoms with Gasteiger partial charge in [0.15, 0.2) is 5.78 Å². The summed E-state index contributed by atoms with van der Waals surface area (Å²) in [6, 6.07) is 6.97. The van der Waals surface area contributed by atoms with Gasteiger partial charge >= 0.3 is 0 Å². The molecule has 96 valence electrons. The number of hydrogen-bond donors (Lipinski definition) is 0. The minimum absolute atomic E-state index is 0.0205. The van der Waals surface area contributed by atoms with Crippen molar-refractivity contribution in [1.82, 2.24) is 4.90 Å². The molecule has 1 aliphatic heterocycles. The fourth-order valence-corrected chi connectivity index (χ4v) is 2.07. The lowest BCUT2D eigenvalue weighted by Gasteiger charge is -2.25. The number of nitrogens with zero attached hydrogens (tertiary/aromatic N) is 1. The number of piperidine rings is 1. The third-order valence-electron chi connectivity index (χ3n) is 3.17. The predicted octanol–water partition coefficient (Wildman–Crippen LogP) is 1.89. The number of ketones is 1. The fraction of sp³-hybridized carbons (Fsp3) is 0.429. The minimum atomic E-state index is -0.0205. The van der Waals surface area contributed by atoms with Crippen LogP contribution in [0.15, 0.2) is 24.3 Å². The summed E-state index contributed by atoms with van der Waals surface area (Å²) >= 11 is 0.